The van der Waals surface area contributed by atoms with Crippen molar-refractivity contribution in [2.75, 3.05) is 0 Å². The number of nitrogens with zero attached hydrogens (tertiary/aromatic N) is 1. The van der Waals surface area contributed by atoms with Crippen LogP contribution in [0, 0.1) is 6.92 Å². The predicted molar refractivity (Wildman–Crippen MR) is 78.8 cm³/mol. The number of fused-ring (bicyclic) bond motifs is 1. The van der Waals surface area contributed by atoms with Gasteiger partial charge in [-0.25, -0.2) is 9.78 Å². The van der Waals surface area contributed by atoms with E-state index in [4.69, 9.17) is 9.52 Å². The van der Waals surface area contributed by atoms with Gasteiger partial charge < -0.3 is 9.52 Å². The Labute approximate surface area is 123 Å². The molecule has 0 unspecified atom stereocenters. The fourth-order valence-electron chi connectivity index (χ4n) is 2.02. The highest BCUT2D eigenvalue weighted by molar-refractivity contribution is 9.10. The predicted octanol–water partition coefficient (Wildman–Crippen LogP) is 4.26. The molecular formula is C15H10BrNO3. The summed E-state index contributed by atoms with van der Waals surface area (Å²) >= 11 is 3.44. The van der Waals surface area contributed by atoms with Gasteiger partial charge in [-0.1, -0.05) is 22.0 Å². The van der Waals surface area contributed by atoms with Crippen molar-refractivity contribution in [3.63, 3.8) is 0 Å². The summed E-state index contributed by atoms with van der Waals surface area (Å²) in [5, 5.41) is 9.16. The van der Waals surface area contributed by atoms with Gasteiger partial charge >= 0.3 is 5.97 Å². The number of halogens is 1. The van der Waals surface area contributed by atoms with Crippen LogP contribution < -0.4 is 0 Å². The van der Waals surface area contributed by atoms with Crippen LogP contribution in [0.2, 0.25) is 0 Å². The molecule has 1 heterocycles. The van der Waals surface area contributed by atoms with Crippen molar-refractivity contribution >= 4 is 33.0 Å². The highest BCUT2D eigenvalue weighted by atomic mass is 79.9. The monoisotopic (exact) mass is 331 g/mol. The molecular weight excluding hydrogens is 322 g/mol. The number of hydrogen-bond donors (Lipinski definition) is 1. The van der Waals surface area contributed by atoms with E-state index in [1.165, 1.54) is 6.07 Å². The molecule has 3 aromatic rings. The second kappa shape index (κ2) is 4.76. The fraction of sp³-hybridized carbons (Fsp3) is 0.0667. The molecule has 0 saturated heterocycles. The number of benzene rings is 2. The summed E-state index contributed by atoms with van der Waals surface area (Å²) in [6.07, 6.45) is 0. The first-order valence-corrected chi connectivity index (χ1v) is 6.75. The van der Waals surface area contributed by atoms with Crippen LogP contribution in [0.15, 0.2) is 45.3 Å². The van der Waals surface area contributed by atoms with E-state index in [0.29, 0.717) is 17.0 Å². The van der Waals surface area contributed by atoms with Crippen molar-refractivity contribution in [3.8, 4) is 11.5 Å². The van der Waals surface area contributed by atoms with Crippen molar-refractivity contribution in [1.29, 1.82) is 0 Å². The van der Waals surface area contributed by atoms with Crippen LogP contribution in [0.3, 0.4) is 0 Å². The van der Waals surface area contributed by atoms with Crippen LogP contribution in [0.5, 0.6) is 0 Å². The number of carboxylic acid groups (broad SMARTS) is 1. The number of aromatic nitrogens is 1. The molecule has 1 N–H and O–H groups in total. The molecule has 0 aliphatic rings. The zero-order valence-corrected chi connectivity index (χ0v) is 12.1. The van der Waals surface area contributed by atoms with Crippen molar-refractivity contribution in [2.45, 2.75) is 6.92 Å². The minimum absolute atomic E-state index is 0.145. The molecule has 3 rings (SSSR count). The zero-order chi connectivity index (χ0) is 14.3. The fourth-order valence-corrected chi connectivity index (χ4v) is 2.27. The molecule has 5 heteroatoms. The minimum atomic E-state index is -1.01. The third kappa shape index (κ3) is 2.10. The van der Waals surface area contributed by atoms with Gasteiger partial charge in [0.1, 0.15) is 5.52 Å². The number of oxazole rings is 1. The summed E-state index contributed by atoms with van der Waals surface area (Å²) < 4.78 is 6.65. The number of hydrogen-bond acceptors (Lipinski definition) is 3. The van der Waals surface area contributed by atoms with Gasteiger partial charge in [0.15, 0.2) is 5.58 Å². The topological polar surface area (TPSA) is 63.3 Å². The molecule has 0 fully saturated rings. The van der Waals surface area contributed by atoms with Crippen LogP contribution >= 0.6 is 15.9 Å². The maximum atomic E-state index is 11.2. The first kappa shape index (κ1) is 12.9. The van der Waals surface area contributed by atoms with Gasteiger partial charge in [-0.05, 0) is 42.8 Å². The first-order valence-electron chi connectivity index (χ1n) is 5.95. The van der Waals surface area contributed by atoms with Crippen molar-refractivity contribution in [2.24, 2.45) is 0 Å². The first-order chi connectivity index (χ1) is 9.56. The Hall–Kier alpha value is -2.14. The van der Waals surface area contributed by atoms with Gasteiger partial charge in [-0.3, -0.25) is 0 Å². The van der Waals surface area contributed by atoms with Gasteiger partial charge in [-0.2, -0.15) is 0 Å². The molecule has 0 saturated carbocycles. The molecule has 0 aliphatic heterocycles. The van der Waals surface area contributed by atoms with Gasteiger partial charge in [0.2, 0.25) is 5.89 Å². The zero-order valence-electron chi connectivity index (χ0n) is 10.6. The molecule has 0 aliphatic carbocycles. The summed E-state index contributed by atoms with van der Waals surface area (Å²) in [4.78, 5) is 15.5. The Morgan fingerprint density at radius 1 is 1.30 bits per heavy atom. The van der Waals surface area contributed by atoms with Crippen LogP contribution in [0.25, 0.3) is 22.6 Å². The smallest absolute Gasteiger partial charge is 0.338 e. The average Bonchev–Trinajstić information content (AvgIpc) is 2.85. The standard InChI is InChI=1S/C15H10BrNO3/c1-8-7-9(5-6-11(8)16)14-17-13-10(15(18)19)3-2-4-12(13)20-14/h2-7H,1H3,(H,18,19). The molecule has 0 radical (unpaired) electrons. The largest absolute Gasteiger partial charge is 0.478 e. The normalized spacial score (nSPS) is 10.9. The van der Waals surface area contributed by atoms with Crippen LogP contribution in [0.4, 0.5) is 0 Å². The molecule has 0 spiro atoms. The highest BCUT2D eigenvalue weighted by Crippen LogP contribution is 2.28. The summed E-state index contributed by atoms with van der Waals surface area (Å²) in [6, 6.07) is 10.6. The van der Waals surface area contributed by atoms with E-state index in [0.717, 1.165) is 15.6 Å². The lowest BCUT2D eigenvalue weighted by atomic mass is 10.1. The lowest BCUT2D eigenvalue weighted by Gasteiger charge is -1.99. The molecule has 100 valence electrons. The van der Waals surface area contributed by atoms with Crippen LogP contribution in [-0.4, -0.2) is 16.1 Å². The average molecular weight is 332 g/mol. The SMILES string of the molecule is Cc1cc(-c2nc3c(C(=O)O)cccc3o2)ccc1Br. The van der Waals surface area contributed by atoms with Crippen molar-refractivity contribution in [3.05, 3.63) is 52.0 Å². The Kier molecular flexibility index (Phi) is 3.06. The number of aromatic carboxylic acids is 1. The second-order valence-corrected chi connectivity index (χ2v) is 5.29. The van der Waals surface area contributed by atoms with Crippen LogP contribution in [0.1, 0.15) is 15.9 Å². The maximum absolute atomic E-state index is 11.2. The molecule has 2 aromatic carbocycles. The van der Waals surface area contributed by atoms with E-state index in [1.807, 2.05) is 25.1 Å². The Bertz CT molecular complexity index is 823. The van der Waals surface area contributed by atoms with E-state index >= 15 is 0 Å². The molecule has 1 aromatic heterocycles. The Morgan fingerprint density at radius 3 is 2.80 bits per heavy atom. The summed E-state index contributed by atoms with van der Waals surface area (Å²) in [5.74, 6) is -0.591. The lowest BCUT2D eigenvalue weighted by molar-refractivity contribution is 0.0699. The highest BCUT2D eigenvalue weighted by Gasteiger charge is 2.15. The number of aryl methyl sites for hydroxylation is 1. The molecule has 20 heavy (non-hydrogen) atoms. The van der Waals surface area contributed by atoms with E-state index in [9.17, 15) is 4.79 Å². The maximum Gasteiger partial charge on any atom is 0.338 e. The second-order valence-electron chi connectivity index (χ2n) is 4.44. The number of para-hydroxylation sites is 1. The minimum Gasteiger partial charge on any atom is -0.478 e. The van der Waals surface area contributed by atoms with Gasteiger partial charge in [0, 0.05) is 10.0 Å². The summed E-state index contributed by atoms with van der Waals surface area (Å²) in [6.45, 7) is 1.97. The quantitative estimate of drug-likeness (QED) is 0.761. The van der Waals surface area contributed by atoms with Gasteiger partial charge in [0.05, 0.1) is 5.56 Å². The lowest BCUT2D eigenvalue weighted by Crippen LogP contribution is -1.96. The van der Waals surface area contributed by atoms with Crippen molar-refractivity contribution in [1.82, 2.24) is 4.98 Å². The van der Waals surface area contributed by atoms with E-state index in [1.54, 1.807) is 12.1 Å². The molecule has 0 atom stereocenters. The third-order valence-electron chi connectivity index (χ3n) is 3.05. The molecule has 0 bridgehead atoms. The van der Waals surface area contributed by atoms with E-state index < -0.39 is 5.97 Å². The molecule has 4 nitrogen and oxygen atoms in total. The Balaban J connectivity index is 2.20. The summed E-state index contributed by atoms with van der Waals surface area (Å²) in [7, 11) is 0. The van der Waals surface area contributed by atoms with E-state index in [-0.39, 0.29) is 5.56 Å². The van der Waals surface area contributed by atoms with Crippen molar-refractivity contribution < 1.29 is 14.3 Å². The van der Waals surface area contributed by atoms with E-state index in [2.05, 4.69) is 20.9 Å². The van der Waals surface area contributed by atoms with Crippen LogP contribution in [-0.2, 0) is 0 Å². The third-order valence-corrected chi connectivity index (χ3v) is 3.94. The van der Waals surface area contributed by atoms with Gasteiger partial charge in [0.25, 0.3) is 0 Å². The van der Waals surface area contributed by atoms with Gasteiger partial charge in [-0.15, -0.1) is 0 Å². The number of carboxylic acids is 1. The summed E-state index contributed by atoms with van der Waals surface area (Å²) in [5.41, 5.74) is 2.86. The molecule has 0 amide bonds. The number of rotatable bonds is 2. The Morgan fingerprint density at radius 2 is 2.10 bits per heavy atom. The number of carbonyl (C=O) groups is 1.